The third-order valence-corrected chi connectivity index (χ3v) is 4.16. The van der Waals surface area contributed by atoms with Gasteiger partial charge in [0, 0.05) is 19.1 Å². The minimum absolute atomic E-state index is 0.0296. The van der Waals surface area contributed by atoms with Gasteiger partial charge in [0.1, 0.15) is 0 Å². The van der Waals surface area contributed by atoms with E-state index < -0.39 is 10.0 Å². The Kier molecular flexibility index (Phi) is 5.93. The molecule has 6 heteroatoms. The van der Waals surface area contributed by atoms with Crippen molar-refractivity contribution in [1.82, 2.24) is 9.62 Å². The molecule has 0 aliphatic carbocycles. The van der Waals surface area contributed by atoms with Crippen molar-refractivity contribution in [3.63, 3.8) is 0 Å². The number of nitrogens with zero attached hydrogens (tertiary/aromatic N) is 1. The molecule has 0 saturated heterocycles. The van der Waals surface area contributed by atoms with Gasteiger partial charge >= 0.3 is 0 Å². The number of rotatable bonds is 7. The molecule has 1 aromatic carbocycles. The van der Waals surface area contributed by atoms with Crippen LogP contribution in [0.3, 0.4) is 0 Å². The predicted molar refractivity (Wildman–Crippen MR) is 78.1 cm³/mol. The summed E-state index contributed by atoms with van der Waals surface area (Å²) in [5.74, 6) is -0.0296. The lowest BCUT2D eigenvalue weighted by molar-refractivity contribution is 0.370. The highest BCUT2D eigenvalue weighted by molar-refractivity contribution is 7.88. The van der Waals surface area contributed by atoms with Crippen molar-refractivity contribution >= 4 is 10.0 Å². The Morgan fingerprint density at radius 3 is 2.37 bits per heavy atom. The molecule has 0 aromatic heterocycles. The highest BCUT2D eigenvalue weighted by Crippen LogP contribution is 2.11. The van der Waals surface area contributed by atoms with E-state index in [1.807, 2.05) is 44.1 Å². The monoisotopic (exact) mass is 285 g/mol. The molecule has 0 heterocycles. The van der Waals surface area contributed by atoms with E-state index in [9.17, 15) is 8.42 Å². The van der Waals surface area contributed by atoms with Gasteiger partial charge in [0.05, 0.1) is 5.75 Å². The first-order valence-electron chi connectivity index (χ1n) is 6.25. The molecule has 0 spiro atoms. The lowest BCUT2D eigenvalue weighted by atomic mass is 10.1. The van der Waals surface area contributed by atoms with Crippen LogP contribution in [-0.2, 0) is 22.3 Å². The Bertz CT molecular complexity index is 500. The summed E-state index contributed by atoms with van der Waals surface area (Å²) >= 11 is 0. The lowest BCUT2D eigenvalue weighted by Gasteiger charge is -2.18. The average molecular weight is 285 g/mol. The Balaban J connectivity index is 2.74. The van der Waals surface area contributed by atoms with Crippen LogP contribution in [0.15, 0.2) is 24.3 Å². The maximum atomic E-state index is 12.1. The van der Waals surface area contributed by atoms with Crippen LogP contribution in [0.1, 0.15) is 18.1 Å². The van der Waals surface area contributed by atoms with Gasteiger partial charge in [-0.2, -0.15) is 0 Å². The fraction of sp³-hybridized carbons (Fsp3) is 0.538. The Morgan fingerprint density at radius 2 is 1.84 bits per heavy atom. The summed E-state index contributed by atoms with van der Waals surface area (Å²) < 4.78 is 26.9. The number of nitrogens with one attached hydrogen (secondary N) is 1. The van der Waals surface area contributed by atoms with Crippen molar-refractivity contribution < 1.29 is 8.42 Å². The molecule has 1 atom stereocenters. The van der Waals surface area contributed by atoms with E-state index in [0.29, 0.717) is 13.1 Å². The smallest absolute Gasteiger partial charge is 0.216 e. The van der Waals surface area contributed by atoms with Gasteiger partial charge in [-0.1, -0.05) is 24.3 Å². The standard InChI is InChI=1S/C13H23N3O2S/c1-11(9-16(2)3)15-19(17,18)10-13-7-5-4-6-12(13)8-14/h4-7,11,15H,8-10,14H2,1-3H3. The van der Waals surface area contributed by atoms with Gasteiger partial charge in [-0.05, 0) is 32.1 Å². The van der Waals surface area contributed by atoms with E-state index in [-0.39, 0.29) is 11.8 Å². The number of hydrogen-bond donors (Lipinski definition) is 2. The van der Waals surface area contributed by atoms with Crippen LogP contribution in [0.4, 0.5) is 0 Å². The predicted octanol–water partition coefficient (Wildman–Crippen LogP) is 0.515. The quantitative estimate of drug-likeness (QED) is 0.765. The van der Waals surface area contributed by atoms with Crippen molar-refractivity contribution in [2.24, 2.45) is 5.73 Å². The minimum Gasteiger partial charge on any atom is -0.326 e. The summed E-state index contributed by atoms with van der Waals surface area (Å²) in [6.45, 7) is 2.86. The number of nitrogens with two attached hydrogens (primary N) is 1. The molecule has 19 heavy (non-hydrogen) atoms. The van der Waals surface area contributed by atoms with Crippen molar-refractivity contribution in [1.29, 1.82) is 0 Å². The molecule has 0 saturated carbocycles. The van der Waals surface area contributed by atoms with E-state index in [1.54, 1.807) is 6.07 Å². The van der Waals surface area contributed by atoms with Crippen molar-refractivity contribution in [2.75, 3.05) is 20.6 Å². The molecule has 0 aliphatic rings. The molecule has 0 radical (unpaired) electrons. The third kappa shape index (κ3) is 5.69. The zero-order valence-corrected chi connectivity index (χ0v) is 12.6. The SMILES string of the molecule is CC(CN(C)C)NS(=O)(=O)Cc1ccccc1CN. The molecule has 5 nitrogen and oxygen atoms in total. The Labute approximate surface area is 115 Å². The summed E-state index contributed by atoms with van der Waals surface area (Å²) in [4.78, 5) is 1.95. The molecular weight excluding hydrogens is 262 g/mol. The normalized spacial score (nSPS) is 13.7. The summed E-state index contributed by atoms with van der Waals surface area (Å²) in [6.07, 6.45) is 0. The molecule has 0 fully saturated rings. The second-order valence-corrected chi connectivity index (χ2v) is 6.77. The van der Waals surface area contributed by atoms with Gasteiger partial charge in [-0.3, -0.25) is 0 Å². The highest BCUT2D eigenvalue weighted by atomic mass is 32.2. The zero-order chi connectivity index (χ0) is 14.5. The average Bonchev–Trinajstić information content (AvgIpc) is 2.26. The summed E-state index contributed by atoms with van der Waals surface area (Å²) in [6, 6.07) is 7.23. The van der Waals surface area contributed by atoms with Gasteiger partial charge in [-0.15, -0.1) is 0 Å². The van der Waals surface area contributed by atoms with E-state index in [0.717, 1.165) is 11.1 Å². The van der Waals surface area contributed by atoms with Gasteiger partial charge < -0.3 is 10.6 Å². The van der Waals surface area contributed by atoms with Crippen molar-refractivity contribution in [3.05, 3.63) is 35.4 Å². The maximum Gasteiger partial charge on any atom is 0.216 e. The molecule has 1 unspecified atom stereocenters. The first-order valence-corrected chi connectivity index (χ1v) is 7.91. The Morgan fingerprint density at radius 1 is 1.26 bits per heavy atom. The summed E-state index contributed by atoms with van der Waals surface area (Å²) in [5.41, 5.74) is 7.24. The van der Waals surface area contributed by atoms with Crippen LogP contribution >= 0.6 is 0 Å². The zero-order valence-electron chi connectivity index (χ0n) is 11.8. The van der Waals surface area contributed by atoms with E-state index >= 15 is 0 Å². The van der Waals surface area contributed by atoms with Crippen LogP contribution in [0, 0.1) is 0 Å². The number of hydrogen-bond acceptors (Lipinski definition) is 4. The molecule has 1 rings (SSSR count). The minimum atomic E-state index is -3.34. The van der Waals surface area contributed by atoms with Gasteiger partial charge in [-0.25, -0.2) is 13.1 Å². The molecule has 3 N–H and O–H groups in total. The van der Waals surface area contributed by atoms with E-state index in [4.69, 9.17) is 5.73 Å². The summed E-state index contributed by atoms with van der Waals surface area (Å²) in [5, 5.41) is 0. The van der Waals surface area contributed by atoms with Crippen LogP contribution < -0.4 is 10.5 Å². The molecule has 108 valence electrons. The van der Waals surface area contributed by atoms with Gasteiger partial charge in [0.2, 0.25) is 10.0 Å². The topological polar surface area (TPSA) is 75.4 Å². The van der Waals surface area contributed by atoms with Gasteiger partial charge in [0.15, 0.2) is 0 Å². The highest BCUT2D eigenvalue weighted by Gasteiger charge is 2.17. The molecule has 1 aromatic rings. The van der Waals surface area contributed by atoms with Gasteiger partial charge in [0.25, 0.3) is 0 Å². The third-order valence-electron chi connectivity index (χ3n) is 2.70. The van der Waals surface area contributed by atoms with E-state index in [2.05, 4.69) is 4.72 Å². The molecular formula is C13H23N3O2S. The first kappa shape index (κ1) is 16.1. The summed E-state index contributed by atoms with van der Waals surface area (Å²) in [7, 11) is 0.478. The fourth-order valence-corrected chi connectivity index (χ4v) is 3.50. The van der Waals surface area contributed by atoms with Crippen LogP contribution in [-0.4, -0.2) is 40.0 Å². The number of sulfonamides is 1. The van der Waals surface area contributed by atoms with Crippen molar-refractivity contribution in [2.45, 2.75) is 25.3 Å². The first-order chi connectivity index (χ1) is 8.84. The van der Waals surface area contributed by atoms with Crippen LogP contribution in [0.25, 0.3) is 0 Å². The number of benzene rings is 1. The van der Waals surface area contributed by atoms with E-state index in [1.165, 1.54) is 0 Å². The maximum absolute atomic E-state index is 12.1. The molecule has 0 amide bonds. The molecule has 0 bridgehead atoms. The Hall–Kier alpha value is -0.950. The van der Waals surface area contributed by atoms with Crippen LogP contribution in [0.5, 0.6) is 0 Å². The number of likely N-dealkylation sites (N-methyl/N-ethyl adjacent to an activating group) is 1. The fourth-order valence-electron chi connectivity index (χ4n) is 2.04. The molecule has 0 aliphatic heterocycles. The largest absolute Gasteiger partial charge is 0.326 e. The van der Waals surface area contributed by atoms with Crippen LogP contribution in [0.2, 0.25) is 0 Å². The lowest BCUT2D eigenvalue weighted by Crippen LogP contribution is -2.40. The van der Waals surface area contributed by atoms with Crippen molar-refractivity contribution in [3.8, 4) is 0 Å². The second kappa shape index (κ2) is 7.00. The second-order valence-electron chi connectivity index (χ2n) is 5.01.